The summed E-state index contributed by atoms with van der Waals surface area (Å²) < 4.78 is 27.8. The van der Waals surface area contributed by atoms with E-state index < -0.39 is 23.7 Å². The smallest absolute Gasteiger partial charge is 0.408 e. The zero-order valence-electron chi connectivity index (χ0n) is 24.9. The van der Waals surface area contributed by atoms with Gasteiger partial charge in [0.2, 0.25) is 0 Å². The summed E-state index contributed by atoms with van der Waals surface area (Å²) in [4.78, 5) is 51.4. The summed E-state index contributed by atoms with van der Waals surface area (Å²) in [5.74, 6) is 0.494. The molecule has 0 bridgehead atoms. The minimum Gasteiger partial charge on any atom is -0.486 e. The van der Waals surface area contributed by atoms with E-state index in [0.717, 1.165) is 0 Å². The Labute approximate surface area is 263 Å². The summed E-state index contributed by atoms with van der Waals surface area (Å²) in [5.41, 5.74) is 0.596. The Kier molecular flexibility index (Phi) is 9.62. The van der Waals surface area contributed by atoms with E-state index in [4.69, 9.17) is 23.4 Å². The minimum absolute atomic E-state index is 0.0781. The van der Waals surface area contributed by atoms with Gasteiger partial charge in [-0.25, -0.2) is 9.59 Å². The van der Waals surface area contributed by atoms with Gasteiger partial charge in [-0.3, -0.25) is 9.59 Å². The van der Waals surface area contributed by atoms with Crippen LogP contribution in [0.5, 0.6) is 17.2 Å². The van der Waals surface area contributed by atoms with Crippen molar-refractivity contribution in [2.24, 2.45) is 0 Å². The second kappa shape index (κ2) is 13.8. The highest BCUT2D eigenvalue weighted by Gasteiger charge is 2.27. The number of thioether (sulfide) groups is 1. The van der Waals surface area contributed by atoms with Gasteiger partial charge in [0.05, 0.1) is 16.8 Å². The molecule has 1 aliphatic rings. The average molecular weight is 633 g/mol. The normalized spacial score (nSPS) is 13.0. The first-order valence-electron chi connectivity index (χ1n) is 14.2. The van der Waals surface area contributed by atoms with Crippen LogP contribution < -0.4 is 30.3 Å². The van der Waals surface area contributed by atoms with Crippen molar-refractivity contribution < 1.29 is 37.7 Å². The Morgan fingerprint density at radius 2 is 1.71 bits per heavy atom. The van der Waals surface area contributed by atoms with E-state index in [9.17, 15) is 19.2 Å². The monoisotopic (exact) mass is 632 g/mol. The van der Waals surface area contributed by atoms with Gasteiger partial charge in [-0.1, -0.05) is 24.3 Å². The number of hydrogen-bond donors (Lipinski definition) is 2. The third-order valence-electron chi connectivity index (χ3n) is 6.45. The van der Waals surface area contributed by atoms with Gasteiger partial charge in [0.1, 0.15) is 42.5 Å². The predicted molar refractivity (Wildman–Crippen MR) is 169 cm³/mol. The molecule has 45 heavy (non-hydrogen) atoms. The van der Waals surface area contributed by atoms with Crippen LogP contribution in [0, 0.1) is 0 Å². The van der Waals surface area contributed by atoms with Crippen LogP contribution in [0.2, 0.25) is 0 Å². The summed E-state index contributed by atoms with van der Waals surface area (Å²) in [6.45, 7) is 5.99. The minimum atomic E-state index is -1.11. The first-order valence-corrected chi connectivity index (χ1v) is 15.3. The zero-order chi connectivity index (χ0) is 32.0. The molecule has 0 fully saturated rings. The van der Waals surface area contributed by atoms with E-state index in [1.165, 1.54) is 36.2 Å². The Hall–Kier alpha value is -4.97. The summed E-state index contributed by atoms with van der Waals surface area (Å²) in [6.07, 6.45) is 0.545. The van der Waals surface area contributed by atoms with E-state index >= 15 is 0 Å². The van der Waals surface area contributed by atoms with Crippen LogP contribution >= 0.6 is 11.8 Å². The van der Waals surface area contributed by atoms with Crippen LogP contribution in [0.4, 0.5) is 4.79 Å². The number of esters is 1. The van der Waals surface area contributed by atoms with Gasteiger partial charge in [-0.15, -0.1) is 11.8 Å². The van der Waals surface area contributed by atoms with Gasteiger partial charge in [-0.05, 0) is 62.7 Å². The quantitative estimate of drug-likeness (QED) is 0.110. The molecule has 12 heteroatoms. The van der Waals surface area contributed by atoms with Gasteiger partial charge in [-0.2, -0.15) is 0 Å². The van der Waals surface area contributed by atoms with E-state index in [1.807, 2.05) is 6.07 Å². The number of carbonyl (C=O) groups excluding carboxylic acids is 3. The number of alkyl carbamates (subject to hydrolysis) is 1. The van der Waals surface area contributed by atoms with Crippen LogP contribution in [-0.2, 0) is 9.53 Å². The standard InChI is InChI=1S/C33H32N2O9S/c1-33(2,3)44-32(39)35-25(18-45-19-34-30(37)20-7-5-4-6-8-20)31(38)43-22-10-11-23-27(16-22)42-17-24(29(23)36)21-9-12-26-28(15-21)41-14-13-40-26/h4-12,15-17,25H,13-14,18-19H2,1-3H3,(H,34,37)(H,35,39). The molecule has 1 unspecified atom stereocenters. The van der Waals surface area contributed by atoms with Gasteiger partial charge in [0.25, 0.3) is 5.91 Å². The maximum atomic E-state index is 13.3. The summed E-state index contributed by atoms with van der Waals surface area (Å²) in [5, 5.41) is 5.60. The third-order valence-corrected chi connectivity index (χ3v) is 7.37. The molecule has 0 saturated heterocycles. The highest BCUT2D eigenvalue weighted by atomic mass is 32.2. The van der Waals surface area contributed by atoms with E-state index in [-0.39, 0.29) is 39.7 Å². The van der Waals surface area contributed by atoms with Crippen molar-refractivity contribution in [2.45, 2.75) is 32.4 Å². The van der Waals surface area contributed by atoms with Crippen LogP contribution in [-0.4, -0.2) is 54.5 Å². The molecule has 5 rings (SSSR count). The lowest BCUT2D eigenvalue weighted by molar-refractivity contribution is -0.136. The maximum Gasteiger partial charge on any atom is 0.408 e. The fraction of sp³-hybridized carbons (Fsp3) is 0.273. The molecule has 0 aliphatic carbocycles. The number of amides is 2. The lowest BCUT2D eigenvalue weighted by Gasteiger charge is -2.23. The molecule has 0 saturated carbocycles. The molecule has 1 atom stereocenters. The molecule has 234 valence electrons. The number of nitrogens with one attached hydrogen (secondary N) is 2. The number of carbonyl (C=O) groups is 3. The van der Waals surface area contributed by atoms with Gasteiger partial charge in [0, 0.05) is 17.4 Å². The van der Waals surface area contributed by atoms with Crippen molar-refractivity contribution in [3.63, 3.8) is 0 Å². The van der Waals surface area contributed by atoms with Crippen LogP contribution in [0.1, 0.15) is 31.1 Å². The molecule has 11 nitrogen and oxygen atoms in total. The Morgan fingerprint density at radius 1 is 0.956 bits per heavy atom. The lowest BCUT2D eigenvalue weighted by Crippen LogP contribution is -2.47. The van der Waals surface area contributed by atoms with E-state index in [1.54, 1.807) is 63.2 Å². The molecule has 0 spiro atoms. The summed E-state index contributed by atoms with van der Waals surface area (Å²) in [7, 11) is 0. The number of benzene rings is 3. The van der Waals surface area contributed by atoms with E-state index in [0.29, 0.717) is 41.4 Å². The van der Waals surface area contributed by atoms with Gasteiger partial charge >= 0.3 is 12.1 Å². The van der Waals surface area contributed by atoms with Crippen LogP contribution in [0.3, 0.4) is 0 Å². The molecule has 3 aromatic carbocycles. The molecule has 1 aromatic heterocycles. The Bertz CT molecular complexity index is 1770. The Balaban J connectivity index is 1.28. The molecular weight excluding hydrogens is 600 g/mol. The molecule has 0 radical (unpaired) electrons. The highest BCUT2D eigenvalue weighted by molar-refractivity contribution is 7.99. The van der Waals surface area contributed by atoms with Crippen molar-refractivity contribution in [1.82, 2.24) is 10.6 Å². The highest BCUT2D eigenvalue weighted by Crippen LogP contribution is 2.34. The van der Waals surface area contributed by atoms with E-state index in [2.05, 4.69) is 10.6 Å². The molecule has 2 N–H and O–H groups in total. The number of fused-ring (bicyclic) bond motifs is 2. The number of rotatable bonds is 9. The summed E-state index contributed by atoms with van der Waals surface area (Å²) >= 11 is 1.22. The second-order valence-corrected chi connectivity index (χ2v) is 12.0. The number of ether oxygens (including phenoxy) is 4. The van der Waals surface area contributed by atoms with Crippen LogP contribution in [0.15, 0.2) is 82.2 Å². The summed E-state index contributed by atoms with van der Waals surface area (Å²) in [6, 6.07) is 17.2. The SMILES string of the molecule is CC(C)(C)OC(=O)NC(CSCNC(=O)c1ccccc1)C(=O)Oc1ccc2c(=O)c(-c3ccc4c(c3)OCCO4)coc2c1. The third kappa shape index (κ3) is 8.15. The fourth-order valence-corrected chi connectivity index (χ4v) is 5.18. The van der Waals surface area contributed by atoms with Crippen molar-refractivity contribution in [2.75, 3.05) is 24.8 Å². The average Bonchev–Trinajstić information content (AvgIpc) is 3.02. The molecule has 1 aliphatic heterocycles. The van der Waals surface area contributed by atoms with Gasteiger partial charge in [0.15, 0.2) is 16.9 Å². The molecule has 2 amide bonds. The Morgan fingerprint density at radius 3 is 2.47 bits per heavy atom. The van der Waals surface area contributed by atoms with Crippen molar-refractivity contribution in [3.05, 3.63) is 88.8 Å². The first-order chi connectivity index (χ1) is 21.6. The fourth-order valence-electron chi connectivity index (χ4n) is 4.37. The molecule has 2 heterocycles. The topological polar surface area (TPSA) is 142 Å². The lowest BCUT2D eigenvalue weighted by atomic mass is 10.0. The second-order valence-electron chi connectivity index (χ2n) is 11.0. The first kappa shape index (κ1) is 31.5. The van der Waals surface area contributed by atoms with Gasteiger partial charge < -0.3 is 34.0 Å². The number of hydrogen-bond acceptors (Lipinski definition) is 10. The predicted octanol–water partition coefficient (Wildman–Crippen LogP) is 5.15. The largest absolute Gasteiger partial charge is 0.486 e. The zero-order valence-corrected chi connectivity index (χ0v) is 25.7. The maximum absolute atomic E-state index is 13.3. The molecular formula is C33H32N2O9S. The van der Waals surface area contributed by atoms with Crippen molar-refractivity contribution in [1.29, 1.82) is 0 Å². The van der Waals surface area contributed by atoms with Crippen LogP contribution in [0.25, 0.3) is 22.1 Å². The molecule has 4 aromatic rings. The van der Waals surface area contributed by atoms with Crippen molar-refractivity contribution >= 4 is 40.7 Å². The van der Waals surface area contributed by atoms with Crippen molar-refractivity contribution in [3.8, 4) is 28.4 Å².